The number of nitrogens with zero attached hydrogens (tertiary/aromatic N) is 2. The molecule has 0 saturated heterocycles. The maximum Gasteiger partial charge on any atom is 0.163 e. The van der Waals surface area contributed by atoms with Gasteiger partial charge in [0.25, 0.3) is 0 Å². The van der Waals surface area contributed by atoms with Crippen LogP contribution in [-0.4, -0.2) is 9.97 Å². The molecule has 0 atom stereocenters. The van der Waals surface area contributed by atoms with Crippen molar-refractivity contribution in [1.29, 1.82) is 0 Å². The van der Waals surface area contributed by atoms with Gasteiger partial charge >= 0.3 is 0 Å². The number of hydrogen-bond acceptors (Lipinski definition) is 2. The topological polar surface area (TPSA) is 25.8 Å². The van der Waals surface area contributed by atoms with E-state index in [1.54, 1.807) is 12.1 Å². The van der Waals surface area contributed by atoms with Gasteiger partial charge in [-0.3, -0.25) is 0 Å². The van der Waals surface area contributed by atoms with Crippen LogP contribution in [0.1, 0.15) is 0 Å². The first-order valence-corrected chi connectivity index (χ1v) is 6.05. The van der Waals surface area contributed by atoms with Crippen LogP contribution in [0.4, 0.5) is 4.39 Å². The highest BCUT2D eigenvalue weighted by atomic mass is 127. The minimum Gasteiger partial charge on any atom is -0.235 e. The molecule has 2 aromatic rings. The lowest BCUT2D eigenvalue weighted by atomic mass is 10.2. The van der Waals surface area contributed by atoms with E-state index < -0.39 is 5.82 Å². The first kappa shape index (κ1) is 12.0. The van der Waals surface area contributed by atoms with Crippen molar-refractivity contribution < 1.29 is 4.39 Å². The Morgan fingerprint density at radius 2 is 2.00 bits per heavy atom. The van der Waals surface area contributed by atoms with E-state index in [9.17, 15) is 4.39 Å². The van der Waals surface area contributed by atoms with Crippen molar-refractivity contribution in [1.82, 2.24) is 9.97 Å². The third-order valence-corrected chi connectivity index (χ3v) is 3.58. The first-order valence-electron chi connectivity index (χ1n) is 4.22. The average Bonchev–Trinajstić information content (AvgIpc) is 2.26. The standard InChI is InChI=1S/C10H4Cl2FIN2/c11-6-3-1-2-5(8(6)13)10-15-4-7(14)9(12)16-10/h1-4H. The Labute approximate surface area is 115 Å². The van der Waals surface area contributed by atoms with Crippen molar-refractivity contribution in [2.24, 2.45) is 0 Å². The minimum absolute atomic E-state index is 0.0378. The maximum atomic E-state index is 13.7. The Bertz CT molecular complexity index is 548. The summed E-state index contributed by atoms with van der Waals surface area (Å²) >= 11 is 13.5. The summed E-state index contributed by atoms with van der Waals surface area (Å²) in [5.74, 6) is -0.313. The van der Waals surface area contributed by atoms with Crippen molar-refractivity contribution in [3.8, 4) is 11.4 Å². The number of hydrogen-bond donors (Lipinski definition) is 0. The molecule has 2 nitrogen and oxygen atoms in total. The van der Waals surface area contributed by atoms with Gasteiger partial charge in [0.2, 0.25) is 0 Å². The summed E-state index contributed by atoms with van der Waals surface area (Å²) in [6.45, 7) is 0. The van der Waals surface area contributed by atoms with Gasteiger partial charge in [-0.2, -0.15) is 0 Å². The summed E-state index contributed by atoms with van der Waals surface area (Å²) < 4.78 is 14.4. The van der Waals surface area contributed by atoms with E-state index in [1.165, 1.54) is 12.3 Å². The zero-order chi connectivity index (χ0) is 11.7. The lowest BCUT2D eigenvalue weighted by molar-refractivity contribution is 0.630. The maximum absolute atomic E-state index is 13.7. The number of rotatable bonds is 1. The van der Waals surface area contributed by atoms with Crippen molar-refractivity contribution in [2.45, 2.75) is 0 Å². The lowest BCUT2D eigenvalue weighted by Crippen LogP contribution is -1.94. The molecule has 6 heteroatoms. The summed E-state index contributed by atoms with van der Waals surface area (Å²) in [6, 6.07) is 4.66. The molecule has 0 aliphatic rings. The van der Waals surface area contributed by atoms with Gasteiger partial charge in [-0.05, 0) is 34.7 Å². The summed E-state index contributed by atoms with van der Waals surface area (Å²) in [5, 5.41) is 0.334. The fraction of sp³-hybridized carbons (Fsp3) is 0. The molecule has 0 bridgehead atoms. The third-order valence-electron chi connectivity index (χ3n) is 1.89. The van der Waals surface area contributed by atoms with Gasteiger partial charge < -0.3 is 0 Å². The monoisotopic (exact) mass is 368 g/mol. The molecular weight excluding hydrogens is 365 g/mol. The average molecular weight is 369 g/mol. The molecule has 1 heterocycles. The molecule has 0 N–H and O–H groups in total. The van der Waals surface area contributed by atoms with E-state index in [2.05, 4.69) is 9.97 Å². The van der Waals surface area contributed by atoms with E-state index in [4.69, 9.17) is 23.2 Å². The summed E-state index contributed by atoms with van der Waals surface area (Å²) in [4.78, 5) is 8.00. The molecule has 0 saturated carbocycles. The molecule has 0 aliphatic carbocycles. The van der Waals surface area contributed by atoms with Crippen LogP contribution < -0.4 is 0 Å². The van der Waals surface area contributed by atoms with Crippen LogP contribution in [-0.2, 0) is 0 Å². The highest BCUT2D eigenvalue weighted by Crippen LogP contribution is 2.26. The highest BCUT2D eigenvalue weighted by Gasteiger charge is 2.12. The molecule has 0 amide bonds. The summed E-state index contributed by atoms with van der Waals surface area (Å²) in [7, 11) is 0. The molecule has 0 radical (unpaired) electrons. The zero-order valence-electron chi connectivity index (χ0n) is 7.72. The number of halogens is 4. The van der Waals surface area contributed by atoms with Crippen LogP contribution in [0.5, 0.6) is 0 Å². The van der Waals surface area contributed by atoms with Gasteiger partial charge in [-0.25, -0.2) is 14.4 Å². The van der Waals surface area contributed by atoms with Gasteiger partial charge in [0, 0.05) is 6.20 Å². The number of aromatic nitrogens is 2. The Morgan fingerprint density at radius 3 is 2.69 bits per heavy atom. The molecule has 0 spiro atoms. The quantitative estimate of drug-likeness (QED) is 0.557. The van der Waals surface area contributed by atoms with Gasteiger partial charge in [-0.1, -0.05) is 29.3 Å². The Balaban J connectivity index is 2.59. The smallest absolute Gasteiger partial charge is 0.163 e. The fourth-order valence-corrected chi connectivity index (χ4v) is 1.72. The van der Waals surface area contributed by atoms with Crippen molar-refractivity contribution in [2.75, 3.05) is 0 Å². The van der Waals surface area contributed by atoms with Gasteiger partial charge in [0.05, 0.1) is 14.2 Å². The van der Waals surface area contributed by atoms with Crippen LogP contribution in [0.3, 0.4) is 0 Å². The second-order valence-corrected chi connectivity index (χ2v) is 4.86. The molecule has 1 aromatic carbocycles. The molecule has 2 rings (SSSR count). The normalized spacial score (nSPS) is 10.5. The first-order chi connectivity index (χ1) is 7.59. The van der Waals surface area contributed by atoms with Crippen LogP contribution in [0.15, 0.2) is 24.4 Å². The molecule has 0 fully saturated rings. The van der Waals surface area contributed by atoms with Crippen LogP contribution in [0, 0.1) is 9.39 Å². The molecule has 82 valence electrons. The van der Waals surface area contributed by atoms with Gasteiger partial charge in [0.15, 0.2) is 11.6 Å². The zero-order valence-corrected chi connectivity index (χ0v) is 11.4. The van der Waals surface area contributed by atoms with E-state index in [-0.39, 0.29) is 16.4 Å². The van der Waals surface area contributed by atoms with Crippen LogP contribution >= 0.6 is 45.8 Å². The predicted molar refractivity (Wildman–Crippen MR) is 70.2 cm³/mol. The lowest BCUT2D eigenvalue weighted by Gasteiger charge is -2.03. The van der Waals surface area contributed by atoms with Crippen LogP contribution in [0.2, 0.25) is 10.2 Å². The van der Waals surface area contributed by atoms with Gasteiger partial charge in [-0.15, -0.1) is 0 Å². The fourth-order valence-electron chi connectivity index (χ4n) is 1.15. The van der Waals surface area contributed by atoms with Crippen molar-refractivity contribution >= 4 is 45.8 Å². The van der Waals surface area contributed by atoms with Crippen molar-refractivity contribution in [3.05, 3.63) is 44.0 Å². The van der Waals surface area contributed by atoms with E-state index in [0.29, 0.717) is 8.72 Å². The number of benzene rings is 1. The van der Waals surface area contributed by atoms with Crippen molar-refractivity contribution in [3.63, 3.8) is 0 Å². The van der Waals surface area contributed by atoms with E-state index >= 15 is 0 Å². The summed E-state index contributed by atoms with van der Waals surface area (Å²) in [6.07, 6.45) is 1.53. The molecule has 16 heavy (non-hydrogen) atoms. The predicted octanol–water partition coefficient (Wildman–Crippen LogP) is 4.19. The highest BCUT2D eigenvalue weighted by molar-refractivity contribution is 14.1. The second kappa shape index (κ2) is 4.81. The molecule has 0 aliphatic heterocycles. The Hall–Kier alpha value is -0.460. The summed E-state index contributed by atoms with van der Waals surface area (Å²) in [5.41, 5.74) is 0.241. The Kier molecular flexibility index (Phi) is 3.61. The van der Waals surface area contributed by atoms with E-state index in [0.717, 1.165) is 0 Å². The SMILES string of the molecule is Fc1c(Cl)cccc1-c1ncc(I)c(Cl)n1. The minimum atomic E-state index is -0.540. The van der Waals surface area contributed by atoms with Gasteiger partial charge in [0.1, 0.15) is 5.15 Å². The molecule has 1 aromatic heterocycles. The second-order valence-electron chi connectivity index (χ2n) is 2.93. The van der Waals surface area contributed by atoms with Crippen LogP contribution in [0.25, 0.3) is 11.4 Å². The molecular formula is C10H4Cl2FIN2. The third kappa shape index (κ3) is 2.28. The van der Waals surface area contributed by atoms with E-state index in [1.807, 2.05) is 22.6 Å². The Morgan fingerprint density at radius 1 is 1.25 bits per heavy atom. The molecule has 0 unspecified atom stereocenters. The largest absolute Gasteiger partial charge is 0.235 e.